The van der Waals surface area contributed by atoms with E-state index >= 15 is 0 Å². The predicted molar refractivity (Wildman–Crippen MR) is 443 cm³/mol. The number of para-hydroxylation sites is 1. The van der Waals surface area contributed by atoms with Gasteiger partial charge in [0.15, 0.2) is 0 Å². The summed E-state index contributed by atoms with van der Waals surface area (Å²) in [6, 6.07) is 23.7. The van der Waals surface area contributed by atoms with Crippen LogP contribution in [0.2, 0.25) is 0 Å². The average molecular weight is 1550 g/mol. The van der Waals surface area contributed by atoms with E-state index in [0.717, 1.165) is 150 Å². The van der Waals surface area contributed by atoms with Gasteiger partial charge in [-0.2, -0.15) is 29.9 Å². The number of piperidine rings is 1. The van der Waals surface area contributed by atoms with Crippen molar-refractivity contribution in [3.05, 3.63) is 150 Å². The normalized spacial score (nSPS) is 17.4. The molecule has 4 aromatic carbocycles. The van der Waals surface area contributed by atoms with Crippen molar-refractivity contribution in [2.45, 2.75) is 111 Å². The third kappa shape index (κ3) is 20.4. The molecule has 7 aliphatic rings. The molecule has 4 saturated heterocycles. The number of phenolic OH excluding ortho intramolecular Hbond substituents is 3. The molecule has 7 aliphatic heterocycles. The second-order valence-corrected chi connectivity index (χ2v) is 30.8. The highest BCUT2D eigenvalue weighted by Crippen LogP contribution is 2.41. The number of amides is 3. The Morgan fingerprint density at radius 2 is 0.912 bits per heavy atom. The number of hydrogen-bond donors (Lipinski definition) is 3. The molecule has 3 atom stereocenters. The second kappa shape index (κ2) is 37.7. The third-order valence-electron chi connectivity index (χ3n) is 21.9. The number of piperazine rings is 3. The molecule has 28 nitrogen and oxygen atoms in total. The van der Waals surface area contributed by atoms with Crippen molar-refractivity contribution in [3.8, 4) is 41.0 Å². The number of likely N-dealkylation sites (tertiary alicyclic amines) is 1. The fourth-order valence-corrected chi connectivity index (χ4v) is 16.3. The Bertz CT molecular complexity index is 4480. The Labute approximate surface area is 665 Å². The summed E-state index contributed by atoms with van der Waals surface area (Å²) in [5.41, 5.74) is 9.84. The van der Waals surface area contributed by atoms with Crippen LogP contribution in [0.3, 0.4) is 0 Å². The number of carbonyl (C=O) groups excluding carboxylic acids is 3. The number of fused-ring (bicyclic) bond motifs is 4. The highest BCUT2D eigenvalue weighted by Gasteiger charge is 2.35. The summed E-state index contributed by atoms with van der Waals surface area (Å²) in [7, 11) is 9.65. The number of aromatic hydroxyl groups is 3. The maximum Gasteiger partial charge on any atom is 0.318 e. The van der Waals surface area contributed by atoms with Crippen LogP contribution in [0, 0.1) is 6.92 Å². The SMILES string of the molecule is C=CC(=O)N1CCN(c2nc(OC(C)CCN3CCCCC3)nc3c2CCN(c2cc(O)cc4ccccc24)C3)CC1.C=CC(=O)N1CCN(c2nc(O[C@H](C)CN(C)C)nc3c2CCN(c2c(C)cccc2O)C3)CC1.C=CC(=O)N1CCN(c2nc(O[C@H](C)CN(C)C)nc3c2CCN(c2cc(O)ccc2OC)C3)CC1. The van der Waals surface area contributed by atoms with Gasteiger partial charge in [0.2, 0.25) is 17.7 Å². The smallest absolute Gasteiger partial charge is 0.318 e. The van der Waals surface area contributed by atoms with Crippen LogP contribution in [0.15, 0.2) is 111 Å². The first-order valence-electron chi connectivity index (χ1n) is 39.9. The molecule has 0 bridgehead atoms. The predicted octanol–water partition coefficient (Wildman–Crippen LogP) is 8.51. The summed E-state index contributed by atoms with van der Waals surface area (Å²) in [6.45, 7) is 35.7. The van der Waals surface area contributed by atoms with Crippen molar-refractivity contribution in [1.82, 2.24) is 59.3 Å². The molecule has 1 unspecified atom stereocenters. The zero-order valence-corrected chi connectivity index (χ0v) is 67.5. The molecule has 3 amide bonds. The fourth-order valence-electron chi connectivity index (χ4n) is 16.3. The Morgan fingerprint density at radius 3 is 1.36 bits per heavy atom. The zero-order valence-electron chi connectivity index (χ0n) is 67.5. The first-order valence-corrected chi connectivity index (χ1v) is 39.9. The monoisotopic (exact) mass is 1550 g/mol. The van der Waals surface area contributed by atoms with Gasteiger partial charge in [-0.05, 0) is 161 Å². The van der Waals surface area contributed by atoms with Crippen LogP contribution in [-0.2, 0) is 53.3 Å². The van der Waals surface area contributed by atoms with Gasteiger partial charge in [-0.1, -0.05) is 62.6 Å². The second-order valence-electron chi connectivity index (χ2n) is 30.8. The lowest BCUT2D eigenvalue weighted by molar-refractivity contribution is -0.127. The molecule has 0 spiro atoms. The average Bonchev–Trinajstić information content (AvgIpc) is 0.783. The number of anilines is 6. The van der Waals surface area contributed by atoms with Crippen LogP contribution in [0.25, 0.3) is 10.8 Å². The van der Waals surface area contributed by atoms with Crippen LogP contribution in [0.1, 0.15) is 85.8 Å². The summed E-state index contributed by atoms with van der Waals surface area (Å²) in [4.78, 5) is 91.2. The molecule has 7 aromatic rings. The van der Waals surface area contributed by atoms with Crippen molar-refractivity contribution < 1.29 is 48.7 Å². The molecule has 113 heavy (non-hydrogen) atoms. The molecule has 3 N–H and O–H groups in total. The molecule has 28 heteroatoms. The third-order valence-corrected chi connectivity index (χ3v) is 21.9. The van der Waals surface area contributed by atoms with Gasteiger partial charge in [-0.25, -0.2) is 0 Å². The minimum atomic E-state index is -0.0844. The van der Waals surface area contributed by atoms with E-state index in [1.807, 2.05) is 106 Å². The van der Waals surface area contributed by atoms with E-state index in [0.29, 0.717) is 122 Å². The number of hydrogen-bond acceptors (Lipinski definition) is 25. The van der Waals surface area contributed by atoms with E-state index < -0.39 is 0 Å². The highest BCUT2D eigenvalue weighted by atomic mass is 16.5. The van der Waals surface area contributed by atoms with Crippen LogP contribution in [0.4, 0.5) is 34.5 Å². The van der Waals surface area contributed by atoms with Crippen LogP contribution < -0.4 is 48.3 Å². The summed E-state index contributed by atoms with van der Waals surface area (Å²) < 4.78 is 24.3. The Balaban J connectivity index is 0.000000158. The van der Waals surface area contributed by atoms with E-state index in [1.54, 1.807) is 31.4 Å². The Kier molecular flexibility index (Phi) is 27.3. The summed E-state index contributed by atoms with van der Waals surface area (Å²) in [6.07, 6.45) is 11.1. The lowest BCUT2D eigenvalue weighted by Gasteiger charge is -2.38. The number of nitrogens with zero attached hydrogens (tertiary/aromatic N) is 18. The summed E-state index contributed by atoms with van der Waals surface area (Å²) in [5, 5.41) is 33.3. The molecular formula is C85H114N18O10. The van der Waals surface area contributed by atoms with Crippen molar-refractivity contribution >= 4 is 63.0 Å². The van der Waals surface area contributed by atoms with Gasteiger partial charge >= 0.3 is 18.0 Å². The van der Waals surface area contributed by atoms with Crippen LogP contribution >= 0.6 is 0 Å². The van der Waals surface area contributed by atoms with Gasteiger partial charge in [0, 0.05) is 158 Å². The number of ether oxygens (including phenoxy) is 4. The molecule has 14 rings (SSSR count). The van der Waals surface area contributed by atoms with E-state index in [-0.39, 0.29) is 53.3 Å². The molecule has 0 aliphatic carbocycles. The first kappa shape index (κ1) is 81.8. The number of aryl methyl sites for hydroxylation is 1. The van der Waals surface area contributed by atoms with E-state index in [1.165, 1.54) is 50.6 Å². The van der Waals surface area contributed by atoms with E-state index in [9.17, 15) is 29.7 Å². The maximum absolute atomic E-state index is 12.2. The number of benzene rings is 4. The fraction of sp³-hybridized carbons (Fsp3) is 0.494. The lowest BCUT2D eigenvalue weighted by atomic mass is 10.0. The molecule has 604 valence electrons. The quantitative estimate of drug-likeness (QED) is 0.0507. The number of aromatic nitrogens is 6. The summed E-state index contributed by atoms with van der Waals surface area (Å²) in [5.74, 6) is 4.00. The van der Waals surface area contributed by atoms with Gasteiger partial charge in [0.1, 0.15) is 58.8 Å². The first-order chi connectivity index (χ1) is 54.5. The lowest BCUT2D eigenvalue weighted by Crippen LogP contribution is -2.49. The molecule has 3 aromatic heterocycles. The number of methoxy groups -OCH3 is 1. The van der Waals surface area contributed by atoms with Crippen molar-refractivity contribution in [1.29, 1.82) is 0 Å². The number of rotatable bonds is 23. The van der Waals surface area contributed by atoms with E-state index in [2.05, 4.69) is 76.8 Å². The van der Waals surface area contributed by atoms with Gasteiger partial charge in [0.25, 0.3) is 0 Å². The molecular weight excluding hydrogens is 1430 g/mol. The molecule has 4 fully saturated rings. The Morgan fingerprint density at radius 1 is 0.478 bits per heavy atom. The molecule has 10 heterocycles. The van der Waals surface area contributed by atoms with Crippen molar-refractivity contribution in [2.75, 3.05) is 196 Å². The highest BCUT2D eigenvalue weighted by molar-refractivity contribution is 5.96. The van der Waals surface area contributed by atoms with Gasteiger partial charge < -0.3 is 93.1 Å². The molecule has 0 radical (unpaired) electrons. The minimum Gasteiger partial charge on any atom is -0.508 e. The standard InChI is InChI=1S/C33H42N6O3.C26H36N6O4.C26H36N6O3/c1-3-31(41)37-17-19-38(20-18-37)32-28-12-16-39(30-22-26(40)21-25-9-5-6-10-27(25)30)23-29(28)34-33(35-32)42-24(2)11-15-36-13-7-4-8-14-36;1-6-24(34)30-11-13-31(14-12-30)25-20-9-10-32(22-15-19(33)7-8-23(22)35-5)17-21(20)27-26(28-25)36-18(2)16-29(3)4;1-6-23(34)30-12-14-31(15-13-30)25-20-10-11-32(24-18(2)8-7-9-22(24)33)17-21(20)27-26(28-25)35-19(3)16-29(4)5/h3,5-6,9-10,21-22,24,40H,1,4,7-8,11-20,23H2,2H3;6-8,15,18,33H,1,9-14,16-17H2,2-5H3;6-9,19,33H,1,10-17H2,2-5H3/t;18-;19-/m.11/s1. The largest absolute Gasteiger partial charge is 0.508 e. The maximum atomic E-state index is 12.2. The van der Waals surface area contributed by atoms with Crippen molar-refractivity contribution in [3.63, 3.8) is 0 Å². The number of likely N-dealkylation sites (N-methyl/N-ethyl adjacent to an activating group) is 2. The van der Waals surface area contributed by atoms with Crippen LogP contribution in [-0.4, -0.2) is 277 Å². The van der Waals surface area contributed by atoms with Crippen molar-refractivity contribution in [2.24, 2.45) is 0 Å². The zero-order chi connectivity index (χ0) is 80.0. The summed E-state index contributed by atoms with van der Waals surface area (Å²) >= 11 is 0. The van der Waals surface area contributed by atoms with Crippen LogP contribution in [0.5, 0.6) is 41.0 Å². The van der Waals surface area contributed by atoms with Gasteiger partial charge in [-0.3, -0.25) is 14.4 Å². The van der Waals surface area contributed by atoms with Gasteiger partial charge in [0.05, 0.1) is 55.2 Å². The minimum absolute atomic E-state index is 0.00501. The molecule has 0 saturated carbocycles. The number of phenols is 3. The van der Waals surface area contributed by atoms with Gasteiger partial charge in [-0.15, -0.1) is 0 Å². The topological polar surface area (TPSA) is 265 Å². The number of carbonyl (C=O) groups is 3. The van der Waals surface area contributed by atoms with E-state index in [4.69, 9.17) is 48.9 Å². The Hall–Kier alpha value is -10.7.